The van der Waals surface area contributed by atoms with E-state index in [-0.39, 0.29) is 11.5 Å². The van der Waals surface area contributed by atoms with Crippen LogP contribution in [-0.4, -0.2) is 33.6 Å². The summed E-state index contributed by atoms with van der Waals surface area (Å²) < 4.78 is 29.6. The normalized spacial score (nSPS) is 11.3. The van der Waals surface area contributed by atoms with Crippen molar-refractivity contribution in [3.05, 3.63) is 21.1 Å². The number of nitrogens with one attached hydrogen (secondary N) is 1. The van der Waals surface area contributed by atoms with Gasteiger partial charge in [0.15, 0.2) is 9.84 Å². The number of rotatable bonds is 6. The summed E-state index contributed by atoms with van der Waals surface area (Å²) in [5.74, 6) is 0.979. The first kappa shape index (κ1) is 15.8. The predicted molar refractivity (Wildman–Crippen MR) is 81.2 cm³/mol. The average Bonchev–Trinajstić information content (AvgIpc) is 2.32. The summed E-state index contributed by atoms with van der Waals surface area (Å²) in [6.45, 7) is 2.02. The molecule has 7 heteroatoms. The first-order valence-corrected chi connectivity index (χ1v) is 8.77. The first-order valence-electron chi connectivity index (χ1n) is 5.37. The highest BCUT2D eigenvalue weighted by Crippen LogP contribution is 2.34. The SMILES string of the molecule is CCS(=O)(=O)CCNc1cc(OC)c(Br)cc1Br. The van der Waals surface area contributed by atoms with E-state index < -0.39 is 9.84 Å². The third-order valence-electron chi connectivity index (χ3n) is 2.41. The van der Waals surface area contributed by atoms with Crippen molar-refractivity contribution in [2.45, 2.75) is 6.92 Å². The lowest BCUT2D eigenvalue weighted by molar-refractivity contribution is 0.412. The summed E-state index contributed by atoms with van der Waals surface area (Å²) in [5.41, 5.74) is 0.807. The maximum atomic E-state index is 11.4. The Morgan fingerprint density at radius 2 is 1.94 bits per heavy atom. The topological polar surface area (TPSA) is 55.4 Å². The second-order valence-electron chi connectivity index (χ2n) is 3.63. The summed E-state index contributed by atoms with van der Waals surface area (Å²) in [4.78, 5) is 0. The smallest absolute Gasteiger partial charge is 0.151 e. The molecule has 0 atom stereocenters. The van der Waals surface area contributed by atoms with Crippen LogP contribution in [0.4, 0.5) is 5.69 Å². The highest BCUT2D eigenvalue weighted by Gasteiger charge is 2.09. The molecule has 0 saturated carbocycles. The molecule has 18 heavy (non-hydrogen) atoms. The zero-order chi connectivity index (χ0) is 13.8. The van der Waals surface area contributed by atoms with E-state index in [1.165, 1.54) is 0 Å². The molecule has 0 amide bonds. The molecule has 0 spiro atoms. The van der Waals surface area contributed by atoms with Crippen molar-refractivity contribution < 1.29 is 13.2 Å². The molecule has 0 aliphatic heterocycles. The lowest BCUT2D eigenvalue weighted by Crippen LogP contribution is -2.17. The molecule has 0 radical (unpaired) electrons. The minimum atomic E-state index is -2.94. The molecule has 1 aromatic carbocycles. The molecule has 0 saturated heterocycles. The third-order valence-corrected chi connectivity index (χ3v) is 5.39. The lowest BCUT2D eigenvalue weighted by Gasteiger charge is -2.11. The van der Waals surface area contributed by atoms with Crippen molar-refractivity contribution in [2.24, 2.45) is 0 Å². The molecular formula is C11H15Br2NO3S. The second kappa shape index (κ2) is 6.77. The Balaban J connectivity index is 2.74. The largest absolute Gasteiger partial charge is 0.495 e. The first-order chi connectivity index (χ1) is 8.39. The van der Waals surface area contributed by atoms with Gasteiger partial charge in [0.2, 0.25) is 0 Å². The van der Waals surface area contributed by atoms with Crippen molar-refractivity contribution in [3.63, 3.8) is 0 Å². The van der Waals surface area contributed by atoms with E-state index in [2.05, 4.69) is 37.2 Å². The van der Waals surface area contributed by atoms with Gasteiger partial charge < -0.3 is 10.1 Å². The summed E-state index contributed by atoms with van der Waals surface area (Å²) in [7, 11) is -1.36. The maximum absolute atomic E-state index is 11.4. The molecule has 0 aliphatic rings. The van der Waals surface area contributed by atoms with Gasteiger partial charge in [-0.05, 0) is 37.9 Å². The van der Waals surface area contributed by atoms with Crippen LogP contribution in [0.5, 0.6) is 5.75 Å². The van der Waals surface area contributed by atoms with E-state index in [9.17, 15) is 8.42 Å². The van der Waals surface area contributed by atoms with Gasteiger partial charge in [0.1, 0.15) is 5.75 Å². The van der Waals surface area contributed by atoms with Crippen LogP contribution in [0.3, 0.4) is 0 Å². The molecule has 0 fully saturated rings. The standard InChI is InChI=1S/C11H15Br2NO3S/c1-3-18(15,16)5-4-14-10-7-11(17-2)9(13)6-8(10)12/h6-7,14H,3-5H2,1-2H3. The summed E-state index contributed by atoms with van der Waals surface area (Å²) in [6.07, 6.45) is 0. The van der Waals surface area contributed by atoms with Crippen molar-refractivity contribution >= 4 is 47.4 Å². The number of anilines is 1. The van der Waals surface area contributed by atoms with Crippen molar-refractivity contribution in [2.75, 3.05) is 30.5 Å². The van der Waals surface area contributed by atoms with E-state index in [4.69, 9.17) is 4.74 Å². The van der Waals surface area contributed by atoms with E-state index in [1.807, 2.05) is 12.1 Å². The molecule has 0 aromatic heterocycles. The van der Waals surface area contributed by atoms with Gasteiger partial charge in [0, 0.05) is 22.8 Å². The Kier molecular flexibility index (Phi) is 5.94. The fraction of sp³-hybridized carbons (Fsp3) is 0.455. The number of ether oxygens (including phenoxy) is 1. The summed E-state index contributed by atoms with van der Waals surface area (Å²) >= 11 is 6.78. The van der Waals surface area contributed by atoms with E-state index >= 15 is 0 Å². The van der Waals surface area contributed by atoms with Crippen LogP contribution in [-0.2, 0) is 9.84 Å². The summed E-state index contributed by atoms with van der Waals surface area (Å²) in [6, 6.07) is 3.67. The van der Waals surface area contributed by atoms with Crippen LogP contribution in [0.15, 0.2) is 21.1 Å². The number of hydrogen-bond donors (Lipinski definition) is 1. The second-order valence-corrected chi connectivity index (χ2v) is 7.81. The Morgan fingerprint density at radius 1 is 1.28 bits per heavy atom. The molecular weight excluding hydrogens is 386 g/mol. The van der Waals surface area contributed by atoms with Gasteiger partial charge in [0.05, 0.1) is 23.0 Å². The van der Waals surface area contributed by atoms with Crippen LogP contribution in [0.1, 0.15) is 6.92 Å². The highest BCUT2D eigenvalue weighted by atomic mass is 79.9. The number of methoxy groups -OCH3 is 1. The third kappa shape index (κ3) is 4.44. The molecule has 0 bridgehead atoms. The molecule has 102 valence electrons. The molecule has 4 nitrogen and oxygen atoms in total. The molecule has 1 rings (SSSR count). The van der Waals surface area contributed by atoms with Crippen molar-refractivity contribution in [1.29, 1.82) is 0 Å². The van der Waals surface area contributed by atoms with Crippen LogP contribution in [0.25, 0.3) is 0 Å². The Bertz CT molecular complexity index is 517. The Hall–Kier alpha value is -0.270. The zero-order valence-corrected chi connectivity index (χ0v) is 14.2. The molecule has 1 aromatic rings. The van der Waals surface area contributed by atoms with Crippen LogP contribution < -0.4 is 10.1 Å². The van der Waals surface area contributed by atoms with Gasteiger partial charge in [-0.3, -0.25) is 0 Å². The summed E-state index contributed by atoms with van der Waals surface area (Å²) in [5, 5.41) is 3.08. The van der Waals surface area contributed by atoms with Crippen LogP contribution in [0.2, 0.25) is 0 Å². The average molecular weight is 401 g/mol. The monoisotopic (exact) mass is 399 g/mol. The van der Waals surface area contributed by atoms with Crippen LogP contribution >= 0.6 is 31.9 Å². The van der Waals surface area contributed by atoms with E-state index in [1.54, 1.807) is 14.0 Å². The number of halogens is 2. The molecule has 1 N–H and O–H groups in total. The van der Waals surface area contributed by atoms with Gasteiger partial charge in [-0.25, -0.2) is 8.42 Å². The van der Waals surface area contributed by atoms with Gasteiger partial charge in [-0.15, -0.1) is 0 Å². The number of benzene rings is 1. The predicted octanol–water partition coefficient (Wildman–Crippen LogP) is 3.07. The quantitative estimate of drug-likeness (QED) is 0.797. The van der Waals surface area contributed by atoms with E-state index in [0.29, 0.717) is 12.3 Å². The highest BCUT2D eigenvalue weighted by molar-refractivity contribution is 9.11. The van der Waals surface area contributed by atoms with Gasteiger partial charge in [0.25, 0.3) is 0 Å². The zero-order valence-electron chi connectivity index (χ0n) is 10.2. The fourth-order valence-corrected chi connectivity index (χ4v) is 3.30. The Morgan fingerprint density at radius 3 is 2.50 bits per heavy atom. The van der Waals surface area contributed by atoms with E-state index in [0.717, 1.165) is 14.6 Å². The molecule has 0 heterocycles. The number of hydrogen-bond acceptors (Lipinski definition) is 4. The number of sulfone groups is 1. The molecule has 0 aliphatic carbocycles. The molecule has 0 unspecified atom stereocenters. The van der Waals surface area contributed by atoms with Gasteiger partial charge >= 0.3 is 0 Å². The van der Waals surface area contributed by atoms with Crippen LogP contribution in [0, 0.1) is 0 Å². The van der Waals surface area contributed by atoms with Crippen molar-refractivity contribution in [1.82, 2.24) is 0 Å². The Labute approximate surface area is 124 Å². The van der Waals surface area contributed by atoms with Crippen molar-refractivity contribution in [3.8, 4) is 5.75 Å². The lowest BCUT2D eigenvalue weighted by atomic mass is 10.3. The maximum Gasteiger partial charge on any atom is 0.151 e. The van der Waals surface area contributed by atoms with Gasteiger partial charge in [-0.1, -0.05) is 6.92 Å². The van der Waals surface area contributed by atoms with Gasteiger partial charge in [-0.2, -0.15) is 0 Å². The fourth-order valence-electron chi connectivity index (χ4n) is 1.31. The minimum Gasteiger partial charge on any atom is -0.495 e. The minimum absolute atomic E-state index is 0.119.